The fraction of sp³-hybridized carbons (Fsp3) is 0.182. The first kappa shape index (κ1) is 20.3. The van der Waals surface area contributed by atoms with Crippen LogP contribution in [0.2, 0.25) is 0 Å². The molecule has 0 fully saturated rings. The second kappa shape index (κ2) is 8.26. The highest BCUT2D eigenvalue weighted by Crippen LogP contribution is 2.20. The van der Waals surface area contributed by atoms with Crippen LogP contribution < -0.4 is 16.0 Å². The average molecular weight is 398 g/mol. The number of carbonyl (C=O) groups is 1. The molecule has 0 saturated carbocycles. The number of carbonyl (C=O) groups excluding carboxylic acids is 1. The van der Waals surface area contributed by atoms with Gasteiger partial charge in [-0.3, -0.25) is 9.59 Å². The first-order chi connectivity index (χ1) is 13.8. The van der Waals surface area contributed by atoms with E-state index in [2.05, 4.69) is 0 Å². The van der Waals surface area contributed by atoms with E-state index < -0.39 is 17.5 Å². The summed E-state index contributed by atoms with van der Waals surface area (Å²) in [5, 5.41) is 0. The van der Waals surface area contributed by atoms with E-state index in [1.54, 1.807) is 48.7 Å². The summed E-state index contributed by atoms with van der Waals surface area (Å²) in [6, 6.07) is 11.7. The lowest BCUT2D eigenvalue weighted by Crippen LogP contribution is -2.25. The van der Waals surface area contributed by atoms with Crippen LogP contribution >= 0.6 is 0 Å². The Bertz CT molecular complexity index is 1140. The zero-order chi connectivity index (χ0) is 21.1. The number of pyridine rings is 1. The molecule has 0 saturated heterocycles. The zero-order valence-electron chi connectivity index (χ0n) is 16.0. The summed E-state index contributed by atoms with van der Waals surface area (Å²) in [5.41, 5.74) is 7.37. The summed E-state index contributed by atoms with van der Waals surface area (Å²) >= 11 is 0. The standard InChI is InChI=1S/C22H20F2N2O3/c1-13-8-20(29-12-17-6-7-18(23)10-19(17)24)14(2)22(28)26(13)11-15-4-3-5-16(9-15)21(25)27/h3-10H,11-12H2,1-2H3,(H2,25,27). The van der Waals surface area contributed by atoms with Gasteiger partial charge in [0.2, 0.25) is 5.91 Å². The van der Waals surface area contributed by atoms with Crippen molar-refractivity contribution in [1.82, 2.24) is 4.57 Å². The number of hydrogen-bond donors (Lipinski definition) is 1. The van der Waals surface area contributed by atoms with Gasteiger partial charge in [-0.2, -0.15) is 0 Å². The number of aryl methyl sites for hydroxylation is 1. The quantitative estimate of drug-likeness (QED) is 0.691. The molecule has 0 aliphatic rings. The first-order valence-electron chi connectivity index (χ1n) is 8.92. The number of halogens is 2. The molecule has 3 aromatic rings. The van der Waals surface area contributed by atoms with E-state index in [0.717, 1.165) is 17.7 Å². The van der Waals surface area contributed by atoms with Crippen LogP contribution in [0.1, 0.15) is 32.7 Å². The first-order valence-corrected chi connectivity index (χ1v) is 8.92. The number of aromatic nitrogens is 1. The van der Waals surface area contributed by atoms with Crippen molar-refractivity contribution in [3.63, 3.8) is 0 Å². The molecular weight excluding hydrogens is 378 g/mol. The molecule has 3 rings (SSSR count). The number of rotatable bonds is 6. The largest absolute Gasteiger partial charge is 0.488 e. The highest BCUT2D eigenvalue weighted by atomic mass is 19.1. The van der Waals surface area contributed by atoms with Crippen molar-refractivity contribution < 1.29 is 18.3 Å². The van der Waals surface area contributed by atoms with Gasteiger partial charge in [-0.15, -0.1) is 0 Å². The third-order valence-electron chi connectivity index (χ3n) is 4.65. The van der Waals surface area contributed by atoms with Gasteiger partial charge in [-0.05, 0) is 49.7 Å². The Labute approximate surface area is 166 Å². The molecule has 150 valence electrons. The molecule has 0 spiro atoms. The Morgan fingerprint density at radius 1 is 1.10 bits per heavy atom. The van der Waals surface area contributed by atoms with Gasteiger partial charge in [-0.1, -0.05) is 12.1 Å². The Balaban J connectivity index is 1.85. The molecule has 5 nitrogen and oxygen atoms in total. The molecule has 1 aromatic heterocycles. The van der Waals surface area contributed by atoms with Crippen LogP contribution in [-0.4, -0.2) is 10.5 Å². The molecule has 7 heteroatoms. The number of hydrogen-bond acceptors (Lipinski definition) is 3. The monoisotopic (exact) mass is 398 g/mol. The molecule has 0 radical (unpaired) electrons. The Kier molecular flexibility index (Phi) is 5.77. The summed E-state index contributed by atoms with van der Waals surface area (Å²) in [6.45, 7) is 3.51. The lowest BCUT2D eigenvalue weighted by molar-refractivity contribution is 0.1000. The van der Waals surface area contributed by atoms with Crippen molar-refractivity contribution in [2.45, 2.75) is 27.0 Å². The van der Waals surface area contributed by atoms with E-state index >= 15 is 0 Å². The minimum atomic E-state index is -0.706. The summed E-state index contributed by atoms with van der Waals surface area (Å²) in [4.78, 5) is 24.2. The van der Waals surface area contributed by atoms with E-state index in [4.69, 9.17) is 10.5 Å². The van der Waals surface area contributed by atoms with Crippen LogP contribution in [0.25, 0.3) is 0 Å². The Morgan fingerprint density at radius 2 is 1.86 bits per heavy atom. The predicted molar refractivity (Wildman–Crippen MR) is 105 cm³/mol. The zero-order valence-corrected chi connectivity index (χ0v) is 16.0. The molecule has 0 atom stereocenters. The lowest BCUT2D eigenvalue weighted by atomic mass is 10.1. The molecule has 1 heterocycles. The SMILES string of the molecule is Cc1c(OCc2ccc(F)cc2F)cc(C)n(Cc2cccc(C(N)=O)c2)c1=O. The molecule has 0 aliphatic carbocycles. The molecule has 2 aromatic carbocycles. The van der Waals surface area contributed by atoms with Crippen LogP contribution in [0.15, 0.2) is 53.3 Å². The van der Waals surface area contributed by atoms with Gasteiger partial charge >= 0.3 is 0 Å². The summed E-state index contributed by atoms with van der Waals surface area (Å²) in [6.07, 6.45) is 0. The smallest absolute Gasteiger partial charge is 0.257 e. The van der Waals surface area contributed by atoms with E-state index in [1.165, 1.54) is 6.07 Å². The summed E-state index contributed by atoms with van der Waals surface area (Å²) in [7, 11) is 0. The van der Waals surface area contributed by atoms with Gasteiger partial charge in [0.15, 0.2) is 0 Å². The third-order valence-corrected chi connectivity index (χ3v) is 4.65. The fourth-order valence-corrected chi connectivity index (χ4v) is 2.99. The summed E-state index contributed by atoms with van der Waals surface area (Å²) < 4.78 is 34.0. The highest BCUT2D eigenvalue weighted by Gasteiger charge is 2.13. The van der Waals surface area contributed by atoms with Gasteiger partial charge in [0.05, 0.1) is 12.1 Å². The van der Waals surface area contributed by atoms with E-state index in [0.29, 0.717) is 22.6 Å². The number of ether oxygens (including phenoxy) is 1. The van der Waals surface area contributed by atoms with Crippen LogP contribution in [0.4, 0.5) is 8.78 Å². The van der Waals surface area contributed by atoms with Crippen LogP contribution in [0, 0.1) is 25.5 Å². The van der Waals surface area contributed by atoms with Gasteiger partial charge in [0, 0.05) is 22.9 Å². The van der Waals surface area contributed by atoms with Gasteiger partial charge in [0.1, 0.15) is 24.0 Å². The maximum absolute atomic E-state index is 13.8. The number of amides is 1. The van der Waals surface area contributed by atoms with Crippen molar-refractivity contribution in [2.24, 2.45) is 5.73 Å². The van der Waals surface area contributed by atoms with Crippen LogP contribution in [-0.2, 0) is 13.2 Å². The number of nitrogens with two attached hydrogens (primary N) is 1. The van der Waals surface area contributed by atoms with Crippen molar-refractivity contribution in [3.8, 4) is 5.75 Å². The minimum Gasteiger partial charge on any atom is -0.488 e. The lowest BCUT2D eigenvalue weighted by Gasteiger charge is -2.16. The minimum absolute atomic E-state index is 0.128. The topological polar surface area (TPSA) is 74.3 Å². The highest BCUT2D eigenvalue weighted by molar-refractivity contribution is 5.92. The van der Waals surface area contributed by atoms with Crippen LogP contribution in [0.5, 0.6) is 5.75 Å². The Morgan fingerprint density at radius 3 is 2.55 bits per heavy atom. The maximum atomic E-state index is 13.8. The average Bonchev–Trinajstić information content (AvgIpc) is 2.68. The van der Waals surface area contributed by atoms with E-state index in [-0.39, 0.29) is 24.3 Å². The third kappa shape index (κ3) is 4.51. The second-order valence-corrected chi connectivity index (χ2v) is 6.76. The van der Waals surface area contributed by atoms with Crippen molar-refractivity contribution in [3.05, 3.63) is 98.5 Å². The maximum Gasteiger partial charge on any atom is 0.257 e. The van der Waals surface area contributed by atoms with E-state index in [9.17, 15) is 18.4 Å². The number of primary amides is 1. The molecular formula is C22H20F2N2O3. The molecule has 1 amide bonds. The predicted octanol–water partition coefficient (Wildman–Crippen LogP) is 3.47. The Hall–Kier alpha value is -3.48. The molecule has 29 heavy (non-hydrogen) atoms. The van der Waals surface area contributed by atoms with Crippen molar-refractivity contribution in [1.29, 1.82) is 0 Å². The van der Waals surface area contributed by atoms with Crippen LogP contribution in [0.3, 0.4) is 0 Å². The van der Waals surface area contributed by atoms with Crippen molar-refractivity contribution >= 4 is 5.91 Å². The fourth-order valence-electron chi connectivity index (χ4n) is 2.99. The van der Waals surface area contributed by atoms with Gasteiger partial charge in [0.25, 0.3) is 5.56 Å². The second-order valence-electron chi connectivity index (χ2n) is 6.76. The van der Waals surface area contributed by atoms with Crippen molar-refractivity contribution in [2.75, 3.05) is 0 Å². The normalized spacial score (nSPS) is 10.8. The van der Waals surface area contributed by atoms with E-state index in [1.807, 2.05) is 0 Å². The molecule has 2 N–H and O–H groups in total. The van der Waals surface area contributed by atoms with Gasteiger partial charge in [-0.25, -0.2) is 8.78 Å². The van der Waals surface area contributed by atoms with Gasteiger partial charge < -0.3 is 15.0 Å². The summed E-state index contributed by atoms with van der Waals surface area (Å²) in [5.74, 6) is -1.58. The number of benzene rings is 2. The number of nitrogens with zero attached hydrogens (tertiary/aromatic N) is 1. The molecule has 0 aliphatic heterocycles. The molecule has 0 bridgehead atoms. The molecule has 0 unspecified atom stereocenters.